The van der Waals surface area contributed by atoms with Crippen LogP contribution in [0.5, 0.6) is 0 Å². The first-order valence-electron chi connectivity index (χ1n) is 12.4. The third kappa shape index (κ3) is 47.7. The summed E-state index contributed by atoms with van der Waals surface area (Å²) < 4.78 is 223. The fraction of sp³-hybridized carbons (Fsp3) is 1.00. The summed E-state index contributed by atoms with van der Waals surface area (Å²) in [7, 11) is 0. The molecule has 0 saturated carbocycles. The molecule has 274 valence electrons. The molecule has 0 heterocycles. The van der Waals surface area contributed by atoms with E-state index in [-0.39, 0.29) is 13.8 Å². The molecule has 0 aromatic heterocycles. The van der Waals surface area contributed by atoms with Crippen molar-refractivity contribution in [2.24, 2.45) is 17.8 Å². The van der Waals surface area contributed by atoms with Crippen LogP contribution < -0.4 is 0 Å². The monoisotopic (exact) mass is 698 g/mol. The summed E-state index contributed by atoms with van der Waals surface area (Å²) in [5, 5.41) is 0. The quantitative estimate of drug-likeness (QED) is 0.239. The maximum atomic E-state index is 11.2. The van der Waals surface area contributed by atoms with Crippen LogP contribution >= 0.6 is 0 Å². The third-order valence-electron chi connectivity index (χ3n) is 3.26. The third-order valence-corrected chi connectivity index (χ3v) is 3.26. The fourth-order valence-corrected chi connectivity index (χ4v) is 0.514. The Kier molecular flexibility index (Phi) is 39.7. The van der Waals surface area contributed by atoms with Crippen LogP contribution in [0.25, 0.3) is 0 Å². The topological polar surface area (TPSA) is 0 Å². The summed E-state index contributed by atoms with van der Waals surface area (Å²) >= 11 is 0. The molecule has 0 bridgehead atoms. The minimum absolute atomic E-state index is 0.0833. The number of hydrogen-bond donors (Lipinski definition) is 0. The Morgan fingerprint density at radius 3 is 0.512 bits per heavy atom. The van der Waals surface area contributed by atoms with Gasteiger partial charge in [0.1, 0.15) is 17.8 Å². The van der Waals surface area contributed by atoms with Gasteiger partial charge in [0.2, 0.25) is 6.43 Å². The summed E-state index contributed by atoms with van der Waals surface area (Å²) in [5.74, 6) is -8.99. The zero-order valence-corrected chi connectivity index (χ0v) is 25.6. The molecule has 0 aromatic rings. The maximum absolute atomic E-state index is 11.2. The van der Waals surface area contributed by atoms with Gasteiger partial charge in [-0.15, -0.1) is 0 Å². The molecule has 0 aliphatic rings. The van der Waals surface area contributed by atoms with Gasteiger partial charge in [-0.2, -0.15) is 79.0 Å². The van der Waals surface area contributed by atoms with Crippen LogP contribution in [0, 0.1) is 17.8 Å². The smallest absolute Gasteiger partial charge is 0.210 e. The Labute approximate surface area is 239 Å². The van der Waals surface area contributed by atoms with Crippen molar-refractivity contribution in [1.29, 1.82) is 0 Å². The van der Waals surface area contributed by atoms with Gasteiger partial charge in [-0.25, -0.2) is 8.78 Å². The Balaban J connectivity index is -0.0000000591. The van der Waals surface area contributed by atoms with Gasteiger partial charge in [0.05, 0.1) is 0 Å². The molecule has 0 fully saturated rings. The molecule has 0 aliphatic carbocycles. The second-order valence-electron chi connectivity index (χ2n) is 6.24. The van der Waals surface area contributed by atoms with Crippen LogP contribution in [-0.2, 0) is 0 Å². The molecule has 1 atom stereocenters. The fourth-order valence-electron chi connectivity index (χ4n) is 0.514. The van der Waals surface area contributed by atoms with E-state index in [9.17, 15) is 87.8 Å². The van der Waals surface area contributed by atoms with Crippen molar-refractivity contribution in [2.45, 2.75) is 133 Å². The van der Waals surface area contributed by atoms with Crippen LogP contribution in [-0.4, -0.2) is 43.5 Å². The van der Waals surface area contributed by atoms with E-state index < -0.39 is 67.7 Å². The van der Waals surface area contributed by atoms with Crippen LogP contribution in [0.1, 0.15) is 89.5 Å². The minimum atomic E-state index is -5.18. The van der Waals surface area contributed by atoms with Crippen molar-refractivity contribution in [3.05, 3.63) is 0 Å². The first kappa shape index (κ1) is 60.7. The molecule has 0 radical (unpaired) electrons. The number of rotatable bonds is 1. The molecule has 0 aromatic carbocycles. The summed E-state index contributed by atoms with van der Waals surface area (Å²) in [6.07, 6.45) is -33.5. The van der Waals surface area contributed by atoms with Gasteiger partial charge in [-0.05, 0) is 20.8 Å². The maximum Gasteiger partial charge on any atom is 0.400 e. The molecule has 43 heavy (non-hydrogen) atoms. The highest BCUT2D eigenvalue weighted by Gasteiger charge is 2.54. The number of hydrogen-bond acceptors (Lipinski definition) is 0. The predicted molar refractivity (Wildman–Crippen MR) is 126 cm³/mol. The van der Waals surface area contributed by atoms with Gasteiger partial charge >= 0.3 is 37.1 Å². The van der Waals surface area contributed by atoms with Gasteiger partial charge < -0.3 is 0 Å². The van der Waals surface area contributed by atoms with Gasteiger partial charge in [0.15, 0.2) is 0 Å². The second-order valence-corrected chi connectivity index (χ2v) is 6.24. The van der Waals surface area contributed by atoms with Crippen LogP contribution in [0.2, 0.25) is 0 Å². The lowest BCUT2D eigenvalue weighted by atomic mass is 10.2. The van der Waals surface area contributed by atoms with E-state index in [1.807, 2.05) is 55.4 Å². The van der Waals surface area contributed by atoms with Gasteiger partial charge in [0.25, 0.3) is 0 Å². The van der Waals surface area contributed by atoms with Crippen LogP contribution in [0.3, 0.4) is 0 Å². The summed E-state index contributed by atoms with van der Waals surface area (Å²) in [5.41, 5.74) is 0. The molecule has 0 aliphatic heterocycles. The number of halogens is 20. The highest BCUT2D eigenvalue weighted by Crippen LogP contribution is 2.39. The summed E-state index contributed by atoms with van der Waals surface area (Å²) in [6, 6.07) is 0. The molecule has 0 nitrogen and oxygen atoms in total. The Bertz CT molecular complexity index is 476. The normalized spacial score (nSPS) is 12.3. The van der Waals surface area contributed by atoms with Crippen molar-refractivity contribution in [3.8, 4) is 0 Å². The summed E-state index contributed by atoms with van der Waals surface area (Å²) in [6.45, 7) is 17.7. The predicted octanol–water partition coefficient (Wildman–Crippen LogP) is 14.0. The van der Waals surface area contributed by atoms with Crippen molar-refractivity contribution in [1.82, 2.24) is 0 Å². The lowest BCUT2D eigenvalue weighted by Gasteiger charge is -2.17. The standard InChI is InChI=1S/2C4H4F6.C4H5F5.C3H5F3.4C2H6/c2*1-2(3(5,6)7)4(8,9)10;1-2(3(5)6)4(7,8)9;1-2-3(4,5)6;4*1-2/h2*2H,1H3;2-3H,1H3;2H2,1H3;4*1-2H3. The largest absolute Gasteiger partial charge is 0.400 e. The van der Waals surface area contributed by atoms with E-state index in [0.717, 1.165) is 6.92 Å². The zero-order valence-electron chi connectivity index (χ0n) is 25.6. The van der Waals surface area contributed by atoms with Crippen molar-refractivity contribution in [2.75, 3.05) is 0 Å². The first-order valence-corrected chi connectivity index (χ1v) is 12.4. The highest BCUT2D eigenvalue weighted by atomic mass is 19.4. The van der Waals surface area contributed by atoms with Crippen molar-refractivity contribution < 1.29 is 87.8 Å². The molecule has 1 unspecified atom stereocenters. The van der Waals surface area contributed by atoms with E-state index in [0.29, 0.717) is 6.92 Å². The van der Waals surface area contributed by atoms with Crippen molar-refractivity contribution in [3.63, 3.8) is 0 Å². The lowest BCUT2D eigenvalue weighted by molar-refractivity contribution is -0.279. The molecule has 0 amide bonds. The minimum Gasteiger partial charge on any atom is -0.210 e. The van der Waals surface area contributed by atoms with Crippen LogP contribution in [0.15, 0.2) is 0 Å². The van der Waals surface area contributed by atoms with Crippen LogP contribution in [0.4, 0.5) is 87.8 Å². The molecule has 0 rings (SSSR count). The zero-order chi connectivity index (χ0) is 38.0. The molecular formula is C23H42F20. The van der Waals surface area contributed by atoms with Gasteiger partial charge in [-0.1, -0.05) is 62.3 Å². The van der Waals surface area contributed by atoms with Gasteiger partial charge in [-0.3, -0.25) is 0 Å². The van der Waals surface area contributed by atoms with Crippen molar-refractivity contribution >= 4 is 0 Å². The molecule has 0 saturated heterocycles. The number of alkyl halides is 20. The van der Waals surface area contributed by atoms with E-state index in [1.165, 1.54) is 0 Å². The average Bonchev–Trinajstić information content (AvgIpc) is 2.85. The SMILES string of the molecule is CC.CC.CC.CC.CC(C(F)(F)F)C(F)(F)F.CC(C(F)(F)F)C(F)(F)F.CC(C(F)F)C(F)(F)F.CCC(F)(F)F. The van der Waals surface area contributed by atoms with E-state index in [4.69, 9.17) is 0 Å². The Morgan fingerprint density at radius 1 is 0.372 bits per heavy atom. The molecule has 0 N–H and O–H groups in total. The Hall–Kier alpha value is -1.40. The van der Waals surface area contributed by atoms with E-state index >= 15 is 0 Å². The lowest BCUT2D eigenvalue weighted by Crippen LogP contribution is -2.33. The first-order chi connectivity index (χ1) is 18.7. The molecule has 20 heteroatoms. The molecule has 0 spiro atoms. The average molecular weight is 699 g/mol. The van der Waals surface area contributed by atoms with E-state index in [1.54, 1.807) is 0 Å². The van der Waals surface area contributed by atoms with E-state index in [2.05, 4.69) is 0 Å². The van der Waals surface area contributed by atoms with Gasteiger partial charge in [0, 0.05) is 6.42 Å². The molecular weight excluding hydrogens is 656 g/mol. The second kappa shape index (κ2) is 28.1. The Morgan fingerprint density at radius 2 is 0.512 bits per heavy atom. The highest BCUT2D eigenvalue weighted by molar-refractivity contribution is 4.70. The summed E-state index contributed by atoms with van der Waals surface area (Å²) in [4.78, 5) is 0.